The molecule has 17 heavy (non-hydrogen) atoms. The number of hydrogen-bond acceptors (Lipinski definition) is 2. The first-order chi connectivity index (χ1) is 7.60. The fourth-order valence-electron chi connectivity index (χ4n) is 2.08. The van der Waals surface area contributed by atoms with Gasteiger partial charge in [-0.25, -0.2) is 0 Å². The molecule has 2 N–H and O–H groups in total. The fourth-order valence-corrected chi connectivity index (χ4v) is 2.08. The van der Waals surface area contributed by atoms with Crippen LogP contribution in [-0.4, -0.2) is 51.6 Å². The molecule has 0 saturated carbocycles. The van der Waals surface area contributed by atoms with Crippen molar-refractivity contribution in [1.82, 2.24) is 15.5 Å². The monoisotopic (exact) mass is 356 g/mol. The van der Waals surface area contributed by atoms with E-state index in [-0.39, 0.29) is 24.0 Å². The fraction of sp³-hybridized carbons (Fsp3) is 0.917. The molecule has 0 fully saturated rings. The number of hydrogen-bond donors (Lipinski definition) is 2. The normalized spacial score (nSPS) is 13.5. The van der Waals surface area contributed by atoms with E-state index in [1.807, 2.05) is 7.05 Å². The molecule has 5 heteroatoms. The third-order valence-corrected chi connectivity index (χ3v) is 3.20. The highest BCUT2D eigenvalue weighted by Gasteiger charge is 2.20. The molecule has 0 saturated heterocycles. The second-order valence-corrected chi connectivity index (χ2v) is 4.31. The summed E-state index contributed by atoms with van der Waals surface area (Å²) in [6, 6.07) is 0.556. The van der Waals surface area contributed by atoms with Crippen LogP contribution in [0.4, 0.5) is 0 Å². The molecule has 0 radical (unpaired) electrons. The van der Waals surface area contributed by atoms with Gasteiger partial charge in [0.25, 0.3) is 0 Å². The summed E-state index contributed by atoms with van der Waals surface area (Å²) in [7, 11) is 7.97. The van der Waals surface area contributed by atoms with Gasteiger partial charge in [0.1, 0.15) is 0 Å². The summed E-state index contributed by atoms with van der Waals surface area (Å²) in [5, 5.41) is 6.39. The van der Waals surface area contributed by atoms with Gasteiger partial charge < -0.3 is 15.5 Å². The summed E-state index contributed by atoms with van der Waals surface area (Å²) >= 11 is 0. The van der Waals surface area contributed by atoms with Crippen LogP contribution in [0.2, 0.25) is 0 Å². The second-order valence-electron chi connectivity index (χ2n) is 4.31. The topological polar surface area (TPSA) is 39.7 Å². The van der Waals surface area contributed by atoms with E-state index < -0.39 is 0 Å². The van der Waals surface area contributed by atoms with Gasteiger partial charge in [0, 0.05) is 26.7 Å². The van der Waals surface area contributed by atoms with Crippen LogP contribution in [0.3, 0.4) is 0 Å². The number of rotatable bonds is 6. The Morgan fingerprint density at radius 1 is 1.24 bits per heavy atom. The SMILES string of the molecule is CCC(CC)C(CNC(=NC)NC)N(C)C.I. The molecule has 0 aromatic rings. The van der Waals surface area contributed by atoms with Crippen molar-refractivity contribution in [3.8, 4) is 0 Å². The van der Waals surface area contributed by atoms with E-state index in [1.165, 1.54) is 12.8 Å². The Bertz CT molecular complexity index is 203. The lowest BCUT2D eigenvalue weighted by molar-refractivity contribution is 0.200. The van der Waals surface area contributed by atoms with Crippen molar-refractivity contribution in [2.45, 2.75) is 32.7 Å². The van der Waals surface area contributed by atoms with Crippen molar-refractivity contribution < 1.29 is 0 Å². The van der Waals surface area contributed by atoms with Crippen LogP contribution in [0.15, 0.2) is 4.99 Å². The van der Waals surface area contributed by atoms with Gasteiger partial charge in [0.05, 0.1) is 0 Å². The average molecular weight is 356 g/mol. The van der Waals surface area contributed by atoms with Crippen LogP contribution in [0, 0.1) is 5.92 Å². The minimum absolute atomic E-state index is 0. The summed E-state index contributed by atoms with van der Waals surface area (Å²) in [4.78, 5) is 6.42. The Morgan fingerprint density at radius 3 is 2.06 bits per heavy atom. The molecule has 0 heterocycles. The van der Waals surface area contributed by atoms with Crippen molar-refractivity contribution in [2.75, 3.05) is 34.7 Å². The highest BCUT2D eigenvalue weighted by Crippen LogP contribution is 2.16. The zero-order chi connectivity index (χ0) is 12.6. The maximum atomic E-state index is 4.12. The summed E-state index contributed by atoms with van der Waals surface area (Å²) < 4.78 is 0. The van der Waals surface area contributed by atoms with E-state index in [4.69, 9.17) is 0 Å². The van der Waals surface area contributed by atoms with E-state index in [9.17, 15) is 0 Å². The molecule has 104 valence electrons. The van der Waals surface area contributed by atoms with Crippen LogP contribution in [0.5, 0.6) is 0 Å². The Morgan fingerprint density at radius 2 is 1.76 bits per heavy atom. The van der Waals surface area contributed by atoms with Crippen LogP contribution in [0.25, 0.3) is 0 Å². The van der Waals surface area contributed by atoms with Gasteiger partial charge in [0.15, 0.2) is 5.96 Å². The van der Waals surface area contributed by atoms with Crippen LogP contribution < -0.4 is 10.6 Å². The van der Waals surface area contributed by atoms with Crippen molar-refractivity contribution >= 4 is 29.9 Å². The largest absolute Gasteiger partial charge is 0.359 e. The maximum absolute atomic E-state index is 4.12. The minimum Gasteiger partial charge on any atom is -0.359 e. The summed E-state index contributed by atoms with van der Waals surface area (Å²) in [6.45, 7) is 5.46. The van der Waals surface area contributed by atoms with Crippen LogP contribution >= 0.6 is 24.0 Å². The Hall–Kier alpha value is -0.0400. The van der Waals surface area contributed by atoms with Crippen molar-refractivity contribution in [3.63, 3.8) is 0 Å². The van der Waals surface area contributed by atoms with E-state index >= 15 is 0 Å². The lowest BCUT2D eigenvalue weighted by Gasteiger charge is -2.31. The van der Waals surface area contributed by atoms with E-state index in [0.29, 0.717) is 6.04 Å². The lowest BCUT2D eigenvalue weighted by Crippen LogP contribution is -2.47. The molecule has 1 unspecified atom stereocenters. The highest BCUT2D eigenvalue weighted by molar-refractivity contribution is 14.0. The van der Waals surface area contributed by atoms with Gasteiger partial charge in [-0.05, 0) is 20.0 Å². The molecule has 0 aromatic heterocycles. The Labute approximate surface area is 124 Å². The Balaban J connectivity index is 0. The zero-order valence-corrected chi connectivity index (χ0v) is 14.4. The molecule has 0 aliphatic heterocycles. The predicted molar refractivity (Wildman–Crippen MR) is 87.4 cm³/mol. The van der Waals surface area contributed by atoms with Crippen LogP contribution in [-0.2, 0) is 0 Å². The number of guanidine groups is 1. The number of nitrogens with zero attached hydrogens (tertiary/aromatic N) is 2. The summed E-state index contributed by atoms with van der Waals surface area (Å²) in [5.41, 5.74) is 0. The quantitative estimate of drug-likeness (QED) is 0.433. The van der Waals surface area contributed by atoms with E-state index in [2.05, 4.69) is 48.5 Å². The standard InChI is InChI=1S/C12H28N4.HI/c1-7-10(8-2)11(16(5)6)9-15-12(13-3)14-4;/h10-11H,7-9H2,1-6H3,(H2,13,14,15);1H. The molecule has 0 spiro atoms. The molecule has 0 aromatic carbocycles. The van der Waals surface area contributed by atoms with E-state index in [0.717, 1.165) is 18.4 Å². The maximum Gasteiger partial charge on any atom is 0.190 e. The first-order valence-electron chi connectivity index (χ1n) is 6.15. The van der Waals surface area contributed by atoms with Gasteiger partial charge >= 0.3 is 0 Å². The molecule has 0 aliphatic rings. The number of nitrogens with one attached hydrogen (secondary N) is 2. The third-order valence-electron chi connectivity index (χ3n) is 3.20. The molecule has 0 amide bonds. The first-order valence-corrected chi connectivity index (χ1v) is 6.15. The molecule has 0 rings (SSSR count). The molecule has 0 aliphatic carbocycles. The van der Waals surface area contributed by atoms with Gasteiger partial charge in [-0.2, -0.15) is 0 Å². The number of aliphatic imine (C=N–C) groups is 1. The van der Waals surface area contributed by atoms with Crippen LogP contribution in [0.1, 0.15) is 26.7 Å². The van der Waals surface area contributed by atoms with Crippen molar-refractivity contribution in [3.05, 3.63) is 0 Å². The van der Waals surface area contributed by atoms with Gasteiger partial charge in [-0.15, -0.1) is 24.0 Å². The van der Waals surface area contributed by atoms with Gasteiger partial charge in [-0.3, -0.25) is 4.99 Å². The number of likely N-dealkylation sites (N-methyl/N-ethyl adjacent to an activating group) is 1. The summed E-state index contributed by atoms with van der Waals surface area (Å²) in [5.74, 6) is 1.59. The smallest absolute Gasteiger partial charge is 0.190 e. The first kappa shape index (κ1) is 19.3. The van der Waals surface area contributed by atoms with E-state index in [1.54, 1.807) is 7.05 Å². The molecule has 1 atom stereocenters. The van der Waals surface area contributed by atoms with Crippen molar-refractivity contribution in [1.29, 1.82) is 0 Å². The zero-order valence-electron chi connectivity index (χ0n) is 12.1. The Kier molecular flexibility index (Phi) is 12.6. The minimum atomic E-state index is 0. The lowest BCUT2D eigenvalue weighted by atomic mass is 9.93. The second kappa shape index (κ2) is 11.1. The van der Waals surface area contributed by atoms with Crippen molar-refractivity contribution in [2.24, 2.45) is 10.9 Å². The van der Waals surface area contributed by atoms with Gasteiger partial charge in [-0.1, -0.05) is 26.7 Å². The average Bonchev–Trinajstić information content (AvgIpc) is 2.28. The molecular formula is C12H29IN4. The molecular weight excluding hydrogens is 327 g/mol. The summed E-state index contributed by atoms with van der Waals surface area (Å²) in [6.07, 6.45) is 2.44. The highest BCUT2D eigenvalue weighted by atomic mass is 127. The molecule has 4 nitrogen and oxygen atoms in total. The van der Waals surface area contributed by atoms with Gasteiger partial charge in [0.2, 0.25) is 0 Å². The molecule has 0 bridgehead atoms. The number of halogens is 1. The third kappa shape index (κ3) is 7.08. The predicted octanol–water partition coefficient (Wildman–Crippen LogP) is 1.77.